The Morgan fingerprint density at radius 1 is 1.14 bits per heavy atom. The molecule has 0 bridgehead atoms. The van der Waals surface area contributed by atoms with Crippen LogP contribution in [0.1, 0.15) is 29.9 Å². The van der Waals surface area contributed by atoms with Crippen LogP contribution in [0, 0.1) is 12.7 Å². The van der Waals surface area contributed by atoms with E-state index in [0.29, 0.717) is 42.2 Å². The summed E-state index contributed by atoms with van der Waals surface area (Å²) in [6.07, 6.45) is 2.52. The van der Waals surface area contributed by atoms with Crippen LogP contribution in [0.15, 0.2) is 53.1 Å². The van der Waals surface area contributed by atoms with Crippen molar-refractivity contribution in [1.82, 2.24) is 15.0 Å². The van der Waals surface area contributed by atoms with Crippen LogP contribution in [0.25, 0.3) is 11.4 Å². The molecule has 28 heavy (non-hydrogen) atoms. The molecule has 0 fully saturated rings. The van der Waals surface area contributed by atoms with Crippen molar-refractivity contribution in [3.63, 3.8) is 0 Å². The fourth-order valence-electron chi connectivity index (χ4n) is 2.90. The molecule has 0 unspecified atom stereocenters. The van der Waals surface area contributed by atoms with Crippen LogP contribution in [0.2, 0.25) is 0 Å². The molecule has 5 nitrogen and oxygen atoms in total. The molecule has 0 saturated heterocycles. The first-order valence-electron chi connectivity index (χ1n) is 9.40. The molecule has 1 heterocycles. The Hall–Kier alpha value is -3.02. The number of halogens is 1. The van der Waals surface area contributed by atoms with Gasteiger partial charge in [0.2, 0.25) is 17.6 Å². The van der Waals surface area contributed by atoms with Gasteiger partial charge in [-0.3, -0.25) is 4.79 Å². The number of hydrogen-bond acceptors (Lipinski definition) is 4. The van der Waals surface area contributed by atoms with E-state index in [1.807, 2.05) is 25.2 Å². The number of carbonyl (C=O) groups excluding carboxylic acids is 1. The monoisotopic (exact) mass is 381 g/mol. The van der Waals surface area contributed by atoms with E-state index in [4.69, 9.17) is 4.52 Å². The Kier molecular flexibility index (Phi) is 6.53. The van der Waals surface area contributed by atoms with E-state index in [-0.39, 0.29) is 11.7 Å². The van der Waals surface area contributed by atoms with Crippen LogP contribution >= 0.6 is 0 Å². The van der Waals surface area contributed by atoms with E-state index in [1.54, 1.807) is 24.0 Å². The molecule has 3 rings (SSSR count). The summed E-state index contributed by atoms with van der Waals surface area (Å²) < 4.78 is 18.9. The van der Waals surface area contributed by atoms with Crippen LogP contribution < -0.4 is 0 Å². The maximum atomic E-state index is 13.7. The number of amides is 1. The number of benzene rings is 2. The molecule has 146 valence electrons. The second kappa shape index (κ2) is 9.26. The van der Waals surface area contributed by atoms with Crippen LogP contribution in [-0.2, 0) is 17.6 Å². The smallest absolute Gasteiger partial charge is 0.227 e. The minimum atomic E-state index is -0.309. The predicted molar refractivity (Wildman–Crippen MR) is 105 cm³/mol. The van der Waals surface area contributed by atoms with Crippen LogP contribution in [0.5, 0.6) is 0 Å². The second-order valence-corrected chi connectivity index (χ2v) is 6.88. The zero-order valence-corrected chi connectivity index (χ0v) is 16.2. The van der Waals surface area contributed by atoms with E-state index in [9.17, 15) is 9.18 Å². The van der Waals surface area contributed by atoms with Crippen molar-refractivity contribution in [3.8, 4) is 11.4 Å². The maximum Gasteiger partial charge on any atom is 0.227 e. The third-order valence-corrected chi connectivity index (χ3v) is 4.68. The molecule has 0 aliphatic heterocycles. The van der Waals surface area contributed by atoms with E-state index in [0.717, 1.165) is 12.8 Å². The molecule has 0 atom stereocenters. The number of nitrogens with zero attached hydrogens (tertiary/aromatic N) is 3. The molecule has 1 amide bonds. The lowest BCUT2D eigenvalue weighted by Crippen LogP contribution is -2.28. The highest BCUT2D eigenvalue weighted by atomic mass is 19.1. The zero-order chi connectivity index (χ0) is 19.9. The topological polar surface area (TPSA) is 59.2 Å². The van der Waals surface area contributed by atoms with Gasteiger partial charge in [-0.15, -0.1) is 0 Å². The summed E-state index contributed by atoms with van der Waals surface area (Å²) in [6, 6.07) is 15.0. The molecular formula is C22H24FN3O2. The highest BCUT2D eigenvalue weighted by Crippen LogP contribution is 2.19. The van der Waals surface area contributed by atoms with Gasteiger partial charge in [0.1, 0.15) is 5.82 Å². The molecule has 0 aliphatic rings. The van der Waals surface area contributed by atoms with Crippen molar-refractivity contribution in [2.24, 2.45) is 0 Å². The fourth-order valence-corrected chi connectivity index (χ4v) is 2.90. The van der Waals surface area contributed by atoms with E-state index < -0.39 is 0 Å². The molecule has 3 aromatic rings. The summed E-state index contributed by atoms with van der Waals surface area (Å²) in [6.45, 7) is 2.40. The average molecular weight is 381 g/mol. The first-order valence-corrected chi connectivity index (χ1v) is 9.40. The molecule has 6 heteroatoms. The van der Waals surface area contributed by atoms with Crippen molar-refractivity contribution in [2.75, 3.05) is 13.6 Å². The number of hydrogen-bond donors (Lipinski definition) is 0. The molecule has 0 aliphatic carbocycles. The Morgan fingerprint density at radius 2 is 1.93 bits per heavy atom. The summed E-state index contributed by atoms with van der Waals surface area (Å²) in [4.78, 5) is 18.3. The lowest BCUT2D eigenvalue weighted by Gasteiger charge is -2.16. The lowest BCUT2D eigenvalue weighted by atomic mass is 10.1. The van der Waals surface area contributed by atoms with Gasteiger partial charge in [-0.25, -0.2) is 4.39 Å². The largest absolute Gasteiger partial charge is 0.346 e. The first kappa shape index (κ1) is 19.7. The van der Waals surface area contributed by atoms with Crippen molar-refractivity contribution < 1.29 is 13.7 Å². The SMILES string of the molecule is Cc1ccc(-c2noc(CCC(=O)N(C)CCCc3ccccc3)n2)cc1F. The second-order valence-electron chi connectivity index (χ2n) is 6.88. The standard InChI is InChI=1S/C22H24FN3O2/c1-16-10-11-18(15-19(16)23)22-24-20(28-25-22)12-13-21(27)26(2)14-6-9-17-7-4-3-5-8-17/h3-5,7-8,10-11,15H,6,9,12-14H2,1-2H3. The third-order valence-electron chi connectivity index (χ3n) is 4.68. The number of aryl methyl sites for hydroxylation is 3. The van der Waals surface area contributed by atoms with Crippen molar-refractivity contribution >= 4 is 5.91 Å². The summed E-state index contributed by atoms with van der Waals surface area (Å²) in [5.41, 5.74) is 2.39. The Bertz CT molecular complexity index is 925. The Morgan fingerprint density at radius 3 is 2.68 bits per heavy atom. The van der Waals surface area contributed by atoms with Crippen molar-refractivity contribution in [1.29, 1.82) is 0 Å². The minimum Gasteiger partial charge on any atom is -0.346 e. The average Bonchev–Trinajstić information content (AvgIpc) is 3.18. The minimum absolute atomic E-state index is 0.0363. The van der Waals surface area contributed by atoms with E-state index in [1.165, 1.54) is 11.6 Å². The highest BCUT2D eigenvalue weighted by Gasteiger charge is 2.14. The summed E-state index contributed by atoms with van der Waals surface area (Å²) in [7, 11) is 1.81. The summed E-state index contributed by atoms with van der Waals surface area (Å²) in [5, 5.41) is 3.89. The third kappa shape index (κ3) is 5.25. The fraction of sp³-hybridized carbons (Fsp3) is 0.318. The molecule has 1 aromatic heterocycles. The summed E-state index contributed by atoms with van der Waals surface area (Å²) in [5.74, 6) is 0.435. The molecule has 2 aromatic carbocycles. The van der Waals surface area contributed by atoms with Gasteiger partial charge in [-0.1, -0.05) is 47.6 Å². The molecule has 0 saturated carbocycles. The normalized spacial score (nSPS) is 10.8. The molecule has 0 radical (unpaired) electrons. The molecule has 0 spiro atoms. The quantitative estimate of drug-likeness (QED) is 0.587. The van der Waals surface area contributed by atoms with E-state index >= 15 is 0 Å². The van der Waals surface area contributed by atoms with Crippen molar-refractivity contribution in [2.45, 2.75) is 32.6 Å². The Balaban J connectivity index is 1.46. The van der Waals surface area contributed by atoms with Gasteiger partial charge in [0.25, 0.3) is 0 Å². The number of rotatable bonds is 8. The van der Waals surface area contributed by atoms with Gasteiger partial charge < -0.3 is 9.42 Å². The van der Waals surface area contributed by atoms with Crippen LogP contribution in [0.3, 0.4) is 0 Å². The molecular weight excluding hydrogens is 357 g/mol. The van der Waals surface area contributed by atoms with Crippen LogP contribution in [0.4, 0.5) is 4.39 Å². The van der Waals surface area contributed by atoms with Crippen LogP contribution in [-0.4, -0.2) is 34.5 Å². The number of aromatic nitrogens is 2. The van der Waals surface area contributed by atoms with Gasteiger partial charge in [0.15, 0.2) is 0 Å². The van der Waals surface area contributed by atoms with E-state index in [2.05, 4.69) is 22.3 Å². The Labute approximate surface area is 164 Å². The van der Waals surface area contributed by atoms with Gasteiger partial charge in [0.05, 0.1) is 0 Å². The van der Waals surface area contributed by atoms with Gasteiger partial charge in [-0.2, -0.15) is 4.98 Å². The van der Waals surface area contributed by atoms with Crippen molar-refractivity contribution in [3.05, 3.63) is 71.4 Å². The van der Waals surface area contributed by atoms with Gasteiger partial charge in [0, 0.05) is 32.0 Å². The number of carbonyl (C=O) groups is 1. The van der Waals surface area contributed by atoms with Gasteiger partial charge >= 0.3 is 0 Å². The summed E-state index contributed by atoms with van der Waals surface area (Å²) >= 11 is 0. The molecule has 0 N–H and O–H groups in total. The maximum absolute atomic E-state index is 13.7. The lowest BCUT2D eigenvalue weighted by molar-refractivity contribution is -0.130. The first-order chi connectivity index (χ1) is 13.5. The highest BCUT2D eigenvalue weighted by molar-refractivity contribution is 5.76. The zero-order valence-electron chi connectivity index (χ0n) is 16.2. The van der Waals surface area contributed by atoms with Gasteiger partial charge in [-0.05, 0) is 37.0 Å². The predicted octanol–water partition coefficient (Wildman–Crippen LogP) is 4.21.